The SMILES string of the molecule is CCC(O[Si](C)(C)C)[P+](c1ccccc1)(c1ccccc1)c1ccccc1.CCc1c2cccc1C2.[I-]. The van der Waals surface area contributed by atoms with E-state index in [1.165, 1.54) is 28.8 Å². The highest BCUT2D eigenvalue weighted by atomic mass is 127. The summed E-state index contributed by atoms with van der Waals surface area (Å²) >= 11 is 0. The summed E-state index contributed by atoms with van der Waals surface area (Å²) in [5.41, 5.74) is 4.72. The third-order valence-corrected chi connectivity index (χ3v) is 12.7. The fourth-order valence-electron chi connectivity index (χ4n) is 5.35. The van der Waals surface area contributed by atoms with Gasteiger partial charge in [0.05, 0.1) is 0 Å². The second-order valence-electron chi connectivity index (χ2n) is 10.4. The van der Waals surface area contributed by atoms with Gasteiger partial charge in [-0.3, -0.25) is 0 Å². The molecule has 0 heterocycles. The van der Waals surface area contributed by atoms with Crippen LogP contribution in [-0.2, 0) is 17.3 Å². The van der Waals surface area contributed by atoms with Crippen molar-refractivity contribution in [2.24, 2.45) is 0 Å². The average Bonchev–Trinajstić information content (AvgIpc) is 2.91. The Morgan fingerprint density at radius 3 is 1.32 bits per heavy atom. The number of fused-ring (bicyclic) bond motifs is 2. The van der Waals surface area contributed by atoms with Crippen LogP contribution in [0.25, 0.3) is 0 Å². The summed E-state index contributed by atoms with van der Waals surface area (Å²) in [7, 11) is -3.67. The standard InChI is InChI=1S/C24H30OPSi.C9H10.HI/c1-5-24(25-27(2,3)4)26(21-15-9-6-10-16-21,22-17-11-7-12-18-22)23-19-13-8-14-20-23;1-2-9-7-4-3-5-8(9)6-7;/h6-20,24H,5H2,1-4H3;3-5H,2,6H2,1H3;1H/q+1;;/p-1. The zero-order chi connectivity index (χ0) is 25.6. The van der Waals surface area contributed by atoms with Crippen LogP contribution in [0.15, 0.2) is 109 Å². The number of rotatable bonds is 8. The zero-order valence-corrected chi connectivity index (χ0v) is 26.9. The highest BCUT2D eigenvalue weighted by Gasteiger charge is 2.53. The van der Waals surface area contributed by atoms with E-state index in [0.29, 0.717) is 0 Å². The maximum absolute atomic E-state index is 6.90. The van der Waals surface area contributed by atoms with Gasteiger partial charge < -0.3 is 28.4 Å². The summed E-state index contributed by atoms with van der Waals surface area (Å²) in [6.45, 7) is 11.4. The normalized spacial score (nSPS) is 12.9. The first-order chi connectivity index (χ1) is 17.4. The van der Waals surface area contributed by atoms with Crippen LogP contribution in [0.4, 0.5) is 0 Å². The van der Waals surface area contributed by atoms with Crippen LogP contribution >= 0.6 is 7.26 Å². The molecular weight excluding hydrogens is 598 g/mol. The fraction of sp³-hybridized carbons (Fsp3) is 0.273. The molecule has 2 aliphatic rings. The van der Waals surface area contributed by atoms with Crippen LogP contribution in [0.5, 0.6) is 0 Å². The Hall–Kier alpha value is -1.78. The molecule has 2 bridgehead atoms. The lowest BCUT2D eigenvalue weighted by Crippen LogP contribution is -3.00. The molecule has 0 spiro atoms. The molecule has 0 N–H and O–H groups in total. The van der Waals surface area contributed by atoms with Crippen LogP contribution in [0, 0.1) is 0 Å². The number of benzene rings is 4. The molecule has 0 fully saturated rings. The maximum atomic E-state index is 6.90. The Labute approximate surface area is 243 Å². The lowest BCUT2D eigenvalue weighted by Gasteiger charge is -2.37. The summed E-state index contributed by atoms with van der Waals surface area (Å²) < 4.78 is 6.90. The van der Waals surface area contributed by atoms with Crippen molar-refractivity contribution in [1.82, 2.24) is 0 Å². The quantitative estimate of drug-likeness (QED) is 0.136. The lowest BCUT2D eigenvalue weighted by atomic mass is 9.83. The molecule has 0 saturated carbocycles. The monoisotopic (exact) mass is 638 g/mol. The van der Waals surface area contributed by atoms with Crippen LogP contribution in [-0.4, -0.2) is 14.2 Å². The van der Waals surface area contributed by atoms with Gasteiger partial charge in [0.15, 0.2) is 14.2 Å². The molecule has 0 amide bonds. The van der Waals surface area contributed by atoms with Crippen molar-refractivity contribution in [3.63, 3.8) is 0 Å². The molecule has 4 aromatic carbocycles. The second kappa shape index (κ2) is 13.3. The van der Waals surface area contributed by atoms with Gasteiger partial charge in [-0.25, -0.2) is 0 Å². The summed E-state index contributed by atoms with van der Waals surface area (Å²) in [4.78, 5) is 0. The molecule has 0 aliphatic heterocycles. The van der Waals surface area contributed by atoms with Gasteiger partial charge in [-0.1, -0.05) is 86.6 Å². The topological polar surface area (TPSA) is 9.23 Å². The van der Waals surface area contributed by atoms with E-state index < -0.39 is 15.6 Å². The Balaban J connectivity index is 0.000000318. The van der Waals surface area contributed by atoms with Gasteiger partial charge in [0.1, 0.15) is 23.2 Å². The van der Waals surface area contributed by atoms with Crippen molar-refractivity contribution in [2.75, 3.05) is 0 Å². The molecule has 0 radical (unpaired) electrons. The third-order valence-electron chi connectivity index (χ3n) is 6.87. The Kier molecular flexibility index (Phi) is 10.7. The van der Waals surface area contributed by atoms with Gasteiger partial charge in [0, 0.05) is 6.42 Å². The minimum Gasteiger partial charge on any atom is -1.00 e. The molecule has 4 heteroatoms. The number of hydrogen-bond acceptors (Lipinski definition) is 1. The first-order valence-corrected chi connectivity index (χ1v) is 18.5. The van der Waals surface area contributed by atoms with Crippen molar-refractivity contribution in [3.05, 3.63) is 126 Å². The Morgan fingerprint density at radius 1 is 0.649 bits per heavy atom. The van der Waals surface area contributed by atoms with Crippen LogP contribution in [0.3, 0.4) is 0 Å². The van der Waals surface area contributed by atoms with E-state index in [-0.39, 0.29) is 29.8 Å². The minimum atomic E-state index is -1.95. The first kappa shape index (κ1) is 29.8. The van der Waals surface area contributed by atoms with Crippen LogP contribution in [0.1, 0.15) is 37.0 Å². The molecule has 2 aliphatic carbocycles. The summed E-state index contributed by atoms with van der Waals surface area (Å²) in [6.07, 6.45) is 3.45. The molecule has 0 saturated heterocycles. The van der Waals surface area contributed by atoms with E-state index >= 15 is 0 Å². The van der Waals surface area contributed by atoms with Gasteiger partial charge >= 0.3 is 0 Å². The molecule has 1 nitrogen and oxygen atoms in total. The largest absolute Gasteiger partial charge is 1.00 e. The Morgan fingerprint density at radius 2 is 1.05 bits per heavy atom. The zero-order valence-electron chi connectivity index (χ0n) is 22.8. The summed E-state index contributed by atoms with van der Waals surface area (Å²) in [6, 6.07) is 39.7. The van der Waals surface area contributed by atoms with E-state index in [2.05, 4.69) is 143 Å². The predicted molar refractivity (Wildman–Crippen MR) is 162 cm³/mol. The van der Waals surface area contributed by atoms with E-state index in [0.717, 1.165) is 6.42 Å². The summed E-state index contributed by atoms with van der Waals surface area (Å²) in [5, 5.41) is 4.19. The van der Waals surface area contributed by atoms with Crippen LogP contribution < -0.4 is 39.9 Å². The fourth-order valence-corrected chi connectivity index (χ4v) is 12.3. The molecular formula is C33H40IOPSi. The van der Waals surface area contributed by atoms with Crippen molar-refractivity contribution in [1.29, 1.82) is 0 Å². The molecule has 0 aromatic heterocycles. The lowest BCUT2D eigenvalue weighted by molar-refractivity contribution is -0.00000860. The number of hydrogen-bond donors (Lipinski definition) is 0. The van der Waals surface area contributed by atoms with E-state index in [1.807, 2.05) is 0 Å². The smallest absolute Gasteiger partial charge is 0.188 e. The molecule has 37 heavy (non-hydrogen) atoms. The molecule has 1 atom stereocenters. The maximum Gasteiger partial charge on any atom is 0.188 e. The van der Waals surface area contributed by atoms with E-state index in [4.69, 9.17) is 4.43 Å². The van der Waals surface area contributed by atoms with E-state index in [1.54, 1.807) is 16.7 Å². The highest BCUT2D eigenvalue weighted by Crippen LogP contribution is 2.61. The molecule has 1 unspecified atom stereocenters. The van der Waals surface area contributed by atoms with Crippen molar-refractivity contribution >= 4 is 31.5 Å². The van der Waals surface area contributed by atoms with Crippen LogP contribution in [0.2, 0.25) is 19.6 Å². The predicted octanol–water partition coefficient (Wildman–Crippen LogP) is 4.73. The van der Waals surface area contributed by atoms with Gasteiger partial charge in [-0.05, 0) is 85.6 Å². The third kappa shape index (κ3) is 6.62. The molecule has 6 rings (SSSR count). The highest BCUT2D eigenvalue weighted by molar-refractivity contribution is 7.96. The van der Waals surface area contributed by atoms with Gasteiger partial charge in [0.25, 0.3) is 0 Å². The first-order valence-electron chi connectivity index (χ1n) is 13.2. The number of aryl methyl sites for hydroxylation is 1. The van der Waals surface area contributed by atoms with Crippen molar-refractivity contribution in [2.45, 2.75) is 58.6 Å². The second-order valence-corrected chi connectivity index (χ2v) is 18.4. The minimum absolute atomic E-state index is 0. The molecule has 4 aromatic rings. The van der Waals surface area contributed by atoms with E-state index in [9.17, 15) is 0 Å². The van der Waals surface area contributed by atoms with Gasteiger partial charge in [-0.2, -0.15) is 0 Å². The van der Waals surface area contributed by atoms with Gasteiger partial charge in [-0.15, -0.1) is 0 Å². The Bertz CT molecular complexity index is 1120. The molecule has 194 valence electrons. The van der Waals surface area contributed by atoms with Crippen molar-refractivity contribution < 1.29 is 28.4 Å². The van der Waals surface area contributed by atoms with Crippen molar-refractivity contribution in [3.8, 4) is 0 Å². The number of halogens is 1. The summed E-state index contributed by atoms with van der Waals surface area (Å²) in [5.74, 6) is 0.177. The van der Waals surface area contributed by atoms with Gasteiger partial charge in [0.2, 0.25) is 0 Å². The average molecular weight is 639 g/mol.